The molecule has 0 aliphatic heterocycles. The first-order chi connectivity index (χ1) is 9.08. The van der Waals surface area contributed by atoms with E-state index in [9.17, 15) is 5.11 Å². The van der Waals surface area contributed by atoms with Gasteiger partial charge in [0.1, 0.15) is 18.2 Å². The molecule has 0 fully saturated rings. The highest BCUT2D eigenvalue weighted by molar-refractivity contribution is 5.38. The number of nitrogens with zero attached hydrogens (tertiary/aromatic N) is 2. The summed E-state index contributed by atoms with van der Waals surface area (Å²) in [4.78, 5) is 4.17. The fourth-order valence-corrected chi connectivity index (χ4v) is 2.01. The van der Waals surface area contributed by atoms with Gasteiger partial charge in [0, 0.05) is 18.0 Å². The van der Waals surface area contributed by atoms with Crippen LogP contribution in [0.1, 0.15) is 30.0 Å². The molecule has 0 unspecified atom stereocenters. The molecule has 2 aromatic rings. The predicted molar refractivity (Wildman–Crippen MR) is 74.3 cm³/mol. The lowest BCUT2D eigenvalue weighted by molar-refractivity contribution is 0.190. The summed E-state index contributed by atoms with van der Waals surface area (Å²) in [6, 6.07) is 5.86. The Morgan fingerprint density at radius 2 is 2.16 bits per heavy atom. The topological polar surface area (TPSA) is 47.3 Å². The number of aromatic nitrogens is 2. The van der Waals surface area contributed by atoms with E-state index >= 15 is 0 Å². The second kappa shape index (κ2) is 5.89. The van der Waals surface area contributed by atoms with Crippen molar-refractivity contribution in [1.82, 2.24) is 9.55 Å². The zero-order chi connectivity index (χ0) is 13.8. The Morgan fingerprint density at radius 1 is 1.37 bits per heavy atom. The number of aryl methyl sites for hydroxylation is 2. The maximum atomic E-state index is 9.73. The van der Waals surface area contributed by atoms with E-state index in [1.807, 2.05) is 42.8 Å². The van der Waals surface area contributed by atoms with Crippen LogP contribution in [0.15, 0.2) is 30.6 Å². The fourth-order valence-electron chi connectivity index (χ4n) is 2.01. The van der Waals surface area contributed by atoms with Gasteiger partial charge in [0.05, 0.1) is 12.6 Å². The van der Waals surface area contributed by atoms with E-state index in [1.165, 1.54) is 0 Å². The third-order valence-electron chi connectivity index (χ3n) is 3.13. The molecular weight excluding hydrogens is 240 g/mol. The SMILES string of the molecule is Cc1ccc([C@H](C)O)c(OCCn2ccnc2C)c1. The quantitative estimate of drug-likeness (QED) is 0.899. The van der Waals surface area contributed by atoms with Gasteiger partial charge in [0.25, 0.3) is 0 Å². The summed E-state index contributed by atoms with van der Waals surface area (Å²) >= 11 is 0. The summed E-state index contributed by atoms with van der Waals surface area (Å²) < 4.78 is 7.84. The van der Waals surface area contributed by atoms with Crippen molar-refractivity contribution >= 4 is 0 Å². The molecule has 0 saturated carbocycles. The zero-order valence-corrected chi connectivity index (χ0v) is 11.6. The maximum absolute atomic E-state index is 9.73. The van der Waals surface area contributed by atoms with Crippen molar-refractivity contribution in [1.29, 1.82) is 0 Å². The van der Waals surface area contributed by atoms with Gasteiger partial charge >= 0.3 is 0 Å². The molecule has 0 spiro atoms. The largest absolute Gasteiger partial charge is 0.491 e. The Kier molecular flexibility index (Phi) is 4.22. The van der Waals surface area contributed by atoms with Crippen LogP contribution >= 0.6 is 0 Å². The predicted octanol–water partition coefficient (Wildman–Crippen LogP) is 2.63. The molecule has 0 aliphatic carbocycles. The Bertz CT molecular complexity index is 547. The molecule has 0 amide bonds. The average Bonchev–Trinajstić information content (AvgIpc) is 2.75. The Hall–Kier alpha value is -1.81. The van der Waals surface area contributed by atoms with E-state index in [0.29, 0.717) is 6.61 Å². The van der Waals surface area contributed by atoms with Crippen molar-refractivity contribution in [3.63, 3.8) is 0 Å². The van der Waals surface area contributed by atoms with Crippen LogP contribution in [0.4, 0.5) is 0 Å². The van der Waals surface area contributed by atoms with E-state index in [1.54, 1.807) is 13.1 Å². The summed E-state index contributed by atoms with van der Waals surface area (Å²) in [7, 11) is 0. The molecule has 4 heteroatoms. The first-order valence-corrected chi connectivity index (χ1v) is 6.47. The molecule has 0 radical (unpaired) electrons. The third-order valence-corrected chi connectivity index (χ3v) is 3.13. The van der Waals surface area contributed by atoms with Gasteiger partial charge < -0.3 is 14.4 Å². The lowest BCUT2D eigenvalue weighted by Crippen LogP contribution is -2.10. The monoisotopic (exact) mass is 260 g/mol. The van der Waals surface area contributed by atoms with E-state index in [0.717, 1.165) is 29.2 Å². The molecule has 102 valence electrons. The summed E-state index contributed by atoms with van der Waals surface area (Å²) in [6.07, 6.45) is 3.19. The van der Waals surface area contributed by atoms with Gasteiger partial charge in [0.2, 0.25) is 0 Å². The van der Waals surface area contributed by atoms with Gasteiger partial charge in [-0.1, -0.05) is 12.1 Å². The zero-order valence-electron chi connectivity index (χ0n) is 11.6. The normalized spacial score (nSPS) is 12.4. The molecule has 1 heterocycles. The Labute approximate surface area is 113 Å². The van der Waals surface area contributed by atoms with Crippen LogP contribution in [0.2, 0.25) is 0 Å². The van der Waals surface area contributed by atoms with Crippen LogP contribution in [0, 0.1) is 13.8 Å². The molecule has 1 aromatic carbocycles. The van der Waals surface area contributed by atoms with Crippen LogP contribution in [-0.4, -0.2) is 21.3 Å². The lowest BCUT2D eigenvalue weighted by Gasteiger charge is -2.14. The third kappa shape index (κ3) is 3.35. The van der Waals surface area contributed by atoms with Crippen molar-refractivity contribution in [2.75, 3.05) is 6.61 Å². The fraction of sp³-hybridized carbons (Fsp3) is 0.400. The molecule has 1 aromatic heterocycles. The summed E-state index contributed by atoms with van der Waals surface area (Å²) in [5, 5.41) is 9.73. The van der Waals surface area contributed by atoms with E-state index in [-0.39, 0.29) is 0 Å². The first-order valence-electron chi connectivity index (χ1n) is 6.47. The highest BCUT2D eigenvalue weighted by atomic mass is 16.5. The number of hydrogen-bond donors (Lipinski definition) is 1. The molecule has 1 atom stereocenters. The summed E-state index contributed by atoms with van der Waals surface area (Å²) in [5.74, 6) is 1.73. The van der Waals surface area contributed by atoms with E-state index in [2.05, 4.69) is 4.98 Å². The number of benzene rings is 1. The minimum absolute atomic E-state index is 0.523. The first kappa shape index (κ1) is 13.6. The van der Waals surface area contributed by atoms with Crippen LogP contribution in [0.3, 0.4) is 0 Å². The van der Waals surface area contributed by atoms with E-state index < -0.39 is 6.10 Å². The minimum atomic E-state index is -0.523. The molecule has 4 nitrogen and oxygen atoms in total. The van der Waals surface area contributed by atoms with Gasteiger partial charge in [-0.05, 0) is 32.4 Å². The smallest absolute Gasteiger partial charge is 0.125 e. The molecule has 0 bridgehead atoms. The van der Waals surface area contributed by atoms with Crippen molar-refractivity contribution in [3.05, 3.63) is 47.5 Å². The highest BCUT2D eigenvalue weighted by Crippen LogP contribution is 2.26. The van der Waals surface area contributed by atoms with Crippen molar-refractivity contribution in [2.24, 2.45) is 0 Å². The van der Waals surface area contributed by atoms with Crippen molar-refractivity contribution < 1.29 is 9.84 Å². The molecular formula is C15H20N2O2. The Morgan fingerprint density at radius 3 is 2.79 bits per heavy atom. The standard InChI is InChI=1S/C15H20N2O2/c1-11-4-5-14(12(2)18)15(10-11)19-9-8-17-7-6-16-13(17)3/h4-7,10,12,18H,8-9H2,1-3H3/t12-/m0/s1. The van der Waals surface area contributed by atoms with Gasteiger partial charge in [0.15, 0.2) is 0 Å². The van der Waals surface area contributed by atoms with Crippen LogP contribution in [0.5, 0.6) is 5.75 Å². The van der Waals surface area contributed by atoms with Crippen molar-refractivity contribution in [3.8, 4) is 5.75 Å². The number of aliphatic hydroxyl groups excluding tert-OH is 1. The molecule has 0 aliphatic rings. The molecule has 19 heavy (non-hydrogen) atoms. The lowest BCUT2D eigenvalue weighted by atomic mass is 10.1. The Balaban J connectivity index is 2.03. The minimum Gasteiger partial charge on any atom is -0.491 e. The summed E-state index contributed by atoms with van der Waals surface area (Å²) in [6.45, 7) is 7.03. The second-order valence-electron chi connectivity index (χ2n) is 4.73. The number of imidazole rings is 1. The summed E-state index contributed by atoms with van der Waals surface area (Å²) in [5.41, 5.74) is 1.95. The average molecular weight is 260 g/mol. The van der Waals surface area contributed by atoms with Crippen molar-refractivity contribution in [2.45, 2.75) is 33.4 Å². The van der Waals surface area contributed by atoms with Crippen LogP contribution in [-0.2, 0) is 6.54 Å². The molecule has 0 saturated heterocycles. The number of rotatable bonds is 5. The second-order valence-corrected chi connectivity index (χ2v) is 4.73. The molecule has 1 N–H and O–H groups in total. The number of aliphatic hydroxyl groups is 1. The van der Waals surface area contributed by atoms with Crippen LogP contribution in [0.25, 0.3) is 0 Å². The van der Waals surface area contributed by atoms with Crippen LogP contribution < -0.4 is 4.74 Å². The maximum Gasteiger partial charge on any atom is 0.125 e. The molecule has 2 rings (SSSR count). The van der Waals surface area contributed by atoms with Gasteiger partial charge in [-0.25, -0.2) is 4.98 Å². The van der Waals surface area contributed by atoms with E-state index in [4.69, 9.17) is 4.74 Å². The van der Waals surface area contributed by atoms with Gasteiger partial charge in [-0.2, -0.15) is 0 Å². The van der Waals surface area contributed by atoms with Gasteiger partial charge in [-0.15, -0.1) is 0 Å². The number of hydrogen-bond acceptors (Lipinski definition) is 3. The highest BCUT2D eigenvalue weighted by Gasteiger charge is 2.09. The van der Waals surface area contributed by atoms with Gasteiger partial charge in [-0.3, -0.25) is 0 Å². The number of ether oxygens (including phenoxy) is 1.